The molecule has 0 aromatic heterocycles. The van der Waals surface area contributed by atoms with E-state index in [1.54, 1.807) is 23.1 Å². The molecule has 0 aliphatic carbocycles. The number of carbonyl (C=O) groups is 2. The van der Waals surface area contributed by atoms with Gasteiger partial charge in [-0.3, -0.25) is 9.69 Å². The van der Waals surface area contributed by atoms with Crippen molar-refractivity contribution in [2.24, 2.45) is 0 Å². The molecule has 0 radical (unpaired) electrons. The number of amides is 3. The number of urea groups is 1. The molecule has 7 heteroatoms. The summed E-state index contributed by atoms with van der Waals surface area (Å²) in [6, 6.07) is 4.04. The van der Waals surface area contributed by atoms with Crippen LogP contribution in [0.5, 0.6) is 0 Å². The van der Waals surface area contributed by atoms with Crippen molar-refractivity contribution < 1.29 is 14.7 Å². The van der Waals surface area contributed by atoms with E-state index >= 15 is 0 Å². The normalized spacial score (nSPS) is 22.9. The summed E-state index contributed by atoms with van der Waals surface area (Å²) in [5.74, 6) is -0.241. The molecule has 21 heavy (non-hydrogen) atoms. The monoisotopic (exact) mass is 328 g/mol. The van der Waals surface area contributed by atoms with E-state index in [4.69, 9.17) is 23.2 Å². The number of hydrogen-bond acceptors (Lipinski definition) is 3. The summed E-state index contributed by atoms with van der Waals surface area (Å²) in [5.41, 5.74) is 0.414. The Morgan fingerprint density at radius 2 is 2.10 bits per heavy atom. The van der Waals surface area contributed by atoms with E-state index in [1.807, 2.05) is 0 Å². The molecule has 2 aliphatic heterocycles. The molecule has 2 heterocycles. The molecule has 2 fully saturated rings. The van der Waals surface area contributed by atoms with E-state index < -0.39 is 6.10 Å². The van der Waals surface area contributed by atoms with Crippen molar-refractivity contribution in [2.75, 3.05) is 13.1 Å². The van der Waals surface area contributed by atoms with E-state index in [2.05, 4.69) is 0 Å². The molecule has 0 bridgehead atoms. The minimum atomic E-state index is -1.05. The topological polar surface area (TPSA) is 60.9 Å². The molecule has 112 valence electrons. The summed E-state index contributed by atoms with van der Waals surface area (Å²) in [6.45, 7) is 0.491. The number of benzene rings is 1. The maximum Gasteiger partial charge on any atom is 0.327 e. The van der Waals surface area contributed by atoms with Crippen molar-refractivity contribution in [1.29, 1.82) is 0 Å². The Labute approximate surface area is 132 Å². The third-order valence-electron chi connectivity index (χ3n) is 3.95. The number of halogens is 2. The van der Waals surface area contributed by atoms with Crippen molar-refractivity contribution in [3.63, 3.8) is 0 Å². The van der Waals surface area contributed by atoms with Crippen LogP contribution in [0.25, 0.3) is 0 Å². The van der Waals surface area contributed by atoms with Gasteiger partial charge in [-0.25, -0.2) is 4.79 Å². The molecule has 2 aliphatic rings. The van der Waals surface area contributed by atoms with Crippen LogP contribution in [0.15, 0.2) is 18.2 Å². The van der Waals surface area contributed by atoms with Crippen molar-refractivity contribution in [3.05, 3.63) is 33.8 Å². The highest BCUT2D eigenvalue weighted by molar-refractivity contribution is 6.33. The fraction of sp³-hybridized carbons (Fsp3) is 0.429. The van der Waals surface area contributed by atoms with Crippen LogP contribution in [-0.2, 0) is 4.79 Å². The number of fused-ring (bicyclic) bond motifs is 1. The molecule has 1 N–H and O–H groups in total. The van der Waals surface area contributed by atoms with Gasteiger partial charge in [0.05, 0.1) is 12.6 Å². The van der Waals surface area contributed by atoms with E-state index in [-0.39, 0.29) is 24.5 Å². The number of nitrogens with zero attached hydrogens (tertiary/aromatic N) is 2. The maximum absolute atomic E-state index is 12.2. The number of aliphatic hydroxyl groups excluding tert-OH is 1. The van der Waals surface area contributed by atoms with Gasteiger partial charge in [-0.05, 0) is 31.0 Å². The van der Waals surface area contributed by atoms with Gasteiger partial charge in [-0.1, -0.05) is 23.2 Å². The highest BCUT2D eigenvalue weighted by Gasteiger charge is 2.47. The summed E-state index contributed by atoms with van der Waals surface area (Å²) in [6.07, 6.45) is 0.484. The lowest BCUT2D eigenvalue weighted by Crippen LogP contribution is -2.36. The maximum atomic E-state index is 12.2. The Hall–Kier alpha value is -1.30. The molecular formula is C14H14Cl2N2O3. The number of β-amino-alcohol motifs (C(OH)–C–C–N with tert-alkyl or cyclic N) is 1. The highest BCUT2D eigenvalue weighted by Crippen LogP contribution is 2.31. The molecule has 0 unspecified atom stereocenters. The summed E-state index contributed by atoms with van der Waals surface area (Å²) in [4.78, 5) is 27.1. The average molecular weight is 329 g/mol. The lowest BCUT2D eigenvalue weighted by Gasteiger charge is -2.20. The van der Waals surface area contributed by atoms with Crippen LogP contribution in [0.3, 0.4) is 0 Å². The summed E-state index contributed by atoms with van der Waals surface area (Å²) in [5, 5.41) is 11.1. The van der Waals surface area contributed by atoms with Crippen LogP contribution in [-0.4, -0.2) is 46.0 Å². The molecule has 1 aromatic carbocycles. The number of rotatable bonds is 3. The molecule has 2 saturated heterocycles. The Bertz CT molecular complexity index is 586. The van der Waals surface area contributed by atoms with Crippen LogP contribution in [0.4, 0.5) is 4.79 Å². The van der Waals surface area contributed by atoms with E-state index in [9.17, 15) is 14.7 Å². The number of imide groups is 1. The Morgan fingerprint density at radius 3 is 2.81 bits per heavy atom. The van der Waals surface area contributed by atoms with Crippen LogP contribution in [0.1, 0.15) is 24.5 Å². The average Bonchev–Trinajstić information content (AvgIpc) is 3.01. The lowest BCUT2D eigenvalue weighted by atomic mass is 10.1. The van der Waals surface area contributed by atoms with Crippen LogP contribution in [0.2, 0.25) is 10.0 Å². The lowest BCUT2D eigenvalue weighted by molar-refractivity contribution is -0.128. The zero-order valence-electron chi connectivity index (χ0n) is 11.1. The third kappa shape index (κ3) is 2.50. The minimum absolute atomic E-state index is 0.106. The minimum Gasteiger partial charge on any atom is -0.386 e. The van der Waals surface area contributed by atoms with Gasteiger partial charge in [0.25, 0.3) is 5.91 Å². The first-order valence-electron chi connectivity index (χ1n) is 6.74. The van der Waals surface area contributed by atoms with E-state index in [0.29, 0.717) is 28.6 Å². The Kier molecular flexibility index (Phi) is 3.82. The van der Waals surface area contributed by atoms with Gasteiger partial charge >= 0.3 is 6.03 Å². The predicted molar refractivity (Wildman–Crippen MR) is 78.3 cm³/mol. The smallest absolute Gasteiger partial charge is 0.327 e. The fourth-order valence-electron chi connectivity index (χ4n) is 2.89. The largest absolute Gasteiger partial charge is 0.386 e. The van der Waals surface area contributed by atoms with Gasteiger partial charge in [0.2, 0.25) is 0 Å². The second-order valence-electron chi connectivity index (χ2n) is 5.26. The Balaban J connectivity index is 1.79. The number of hydrogen-bond donors (Lipinski definition) is 1. The fourth-order valence-corrected chi connectivity index (χ4v) is 3.31. The van der Waals surface area contributed by atoms with Crippen LogP contribution < -0.4 is 0 Å². The molecule has 0 saturated carbocycles. The molecule has 1 aromatic rings. The summed E-state index contributed by atoms with van der Waals surface area (Å²) >= 11 is 11.9. The molecule has 3 rings (SSSR count). The van der Waals surface area contributed by atoms with E-state index in [0.717, 1.165) is 11.3 Å². The molecule has 5 nitrogen and oxygen atoms in total. The first kappa shape index (κ1) is 14.6. The number of carbonyl (C=O) groups excluding carboxylic acids is 2. The van der Waals surface area contributed by atoms with Gasteiger partial charge < -0.3 is 10.0 Å². The van der Waals surface area contributed by atoms with Gasteiger partial charge in [0.1, 0.15) is 6.04 Å². The first-order valence-corrected chi connectivity index (χ1v) is 7.49. The zero-order chi connectivity index (χ0) is 15.1. The van der Waals surface area contributed by atoms with Gasteiger partial charge in [0, 0.05) is 22.2 Å². The standard InChI is InChI=1S/C14H14Cl2N2O3/c15-8-3-4-10(16)9(6-8)12(19)7-18-13(20)11-2-1-5-17(11)14(18)21/h3-4,6,11-12,19H,1-2,5,7H2/t11-,12+/m1/s1. The number of aliphatic hydroxyl groups is 1. The zero-order valence-corrected chi connectivity index (χ0v) is 12.6. The molecular weight excluding hydrogens is 315 g/mol. The third-order valence-corrected chi connectivity index (χ3v) is 4.53. The highest BCUT2D eigenvalue weighted by atomic mass is 35.5. The van der Waals surface area contributed by atoms with E-state index in [1.165, 1.54) is 0 Å². The second-order valence-corrected chi connectivity index (χ2v) is 6.11. The molecule has 3 amide bonds. The quantitative estimate of drug-likeness (QED) is 0.867. The van der Waals surface area contributed by atoms with Gasteiger partial charge in [0.15, 0.2) is 0 Å². The van der Waals surface area contributed by atoms with Crippen LogP contribution in [0, 0.1) is 0 Å². The van der Waals surface area contributed by atoms with Crippen molar-refractivity contribution in [3.8, 4) is 0 Å². The SMILES string of the molecule is O=C1[C@H]2CCCN2C(=O)N1C[C@H](O)c1cc(Cl)ccc1Cl. The van der Waals surface area contributed by atoms with Gasteiger partial charge in [-0.15, -0.1) is 0 Å². The van der Waals surface area contributed by atoms with Gasteiger partial charge in [-0.2, -0.15) is 0 Å². The summed E-state index contributed by atoms with van der Waals surface area (Å²) < 4.78 is 0. The Morgan fingerprint density at radius 1 is 1.33 bits per heavy atom. The second kappa shape index (κ2) is 5.48. The van der Waals surface area contributed by atoms with Crippen molar-refractivity contribution in [1.82, 2.24) is 9.80 Å². The van der Waals surface area contributed by atoms with Crippen molar-refractivity contribution >= 4 is 35.1 Å². The molecule has 2 atom stereocenters. The summed E-state index contributed by atoms with van der Waals surface area (Å²) in [7, 11) is 0. The van der Waals surface area contributed by atoms with Crippen molar-refractivity contribution in [2.45, 2.75) is 25.0 Å². The molecule has 0 spiro atoms. The predicted octanol–water partition coefficient (Wildman–Crippen LogP) is 2.45. The first-order chi connectivity index (χ1) is 9.99. The van der Waals surface area contributed by atoms with Crippen LogP contribution >= 0.6 is 23.2 Å².